The van der Waals surface area contributed by atoms with Gasteiger partial charge in [0.1, 0.15) is 16.9 Å². The van der Waals surface area contributed by atoms with Gasteiger partial charge in [-0.3, -0.25) is 0 Å². The number of rotatable bonds is 5. The van der Waals surface area contributed by atoms with Crippen molar-refractivity contribution >= 4 is 23.4 Å². The van der Waals surface area contributed by atoms with Crippen molar-refractivity contribution in [3.63, 3.8) is 0 Å². The number of hydrogen-bond donors (Lipinski definition) is 3. The second-order valence-corrected chi connectivity index (χ2v) is 6.28. The molecule has 0 spiro atoms. The molecule has 1 saturated heterocycles. The lowest BCUT2D eigenvalue weighted by Crippen LogP contribution is -2.46. The van der Waals surface area contributed by atoms with Crippen LogP contribution in [0.5, 0.6) is 5.75 Å². The number of benzene rings is 1. The lowest BCUT2D eigenvalue weighted by Gasteiger charge is -2.33. The Balaban J connectivity index is 1.74. The molecule has 0 unspecified atom stereocenters. The van der Waals surface area contributed by atoms with Crippen LogP contribution in [-0.2, 0) is 11.3 Å². The molecule has 0 saturated carbocycles. The van der Waals surface area contributed by atoms with E-state index in [1.165, 1.54) is 0 Å². The van der Waals surface area contributed by atoms with Crippen LogP contribution in [0.15, 0.2) is 24.3 Å². The number of anilines is 2. The first kappa shape index (κ1) is 17.7. The fourth-order valence-corrected chi connectivity index (χ4v) is 2.83. The fourth-order valence-electron chi connectivity index (χ4n) is 2.69. The van der Waals surface area contributed by atoms with E-state index in [4.69, 9.17) is 31.9 Å². The summed E-state index contributed by atoms with van der Waals surface area (Å²) in [5, 5.41) is 12.8. The minimum Gasteiger partial charge on any atom is -0.488 e. The molecule has 2 aromatic rings. The minimum absolute atomic E-state index is 0.00864. The molecule has 0 amide bonds. The number of aryl methyl sites for hydroxylation is 1. The number of aliphatic hydroxyl groups is 1. The number of nitrogens with one attached hydrogen (secondary N) is 1. The van der Waals surface area contributed by atoms with Crippen LogP contribution < -0.4 is 15.8 Å². The van der Waals surface area contributed by atoms with Crippen LogP contribution in [-0.4, -0.2) is 40.4 Å². The summed E-state index contributed by atoms with van der Waals surface area (Å²) in [5.74, 6) is 1.38. The molecule has 3 rings (SSSR count). The van der Waals surface area contributed by atoms with Crippen LogP contribution in [0.3, 0.4) is 0 Å². The summed E-state index contributed by atoms with van der Waals surface area (Å²) < 4.78 is 11.7. The Morgan fingerprint density at radius 2 is 2.12 bits per heavy atom. The molecule has 0 radical (unpaired) electrons. The molecule has 0 bridgehead atoms. The summed E-state index contributed by atoms with van der Waals surface area (Å²) in [5.41, 5.74) is 7.17. The first-order valence-corrected chi connectivity index (χ1v) is 8.45. The molecule has 1 aromatic heterocycles. The number of aromatic nitrogens is 2. The van der Waals surface area contributed by atoms with Gasteiger partial charge in [-0.25, -0.2) is 4.98 Å². The van der Waals surface area contributed by atoms with Gasteiger partial charge in [-0.05, 0) is 24.6 Å². The van der Waals surface area contributed by atoms with Crippen LogP contribution in [0.25, 0.3) is 0 Å². The zero-order valence-corrected chi connectivity index (χ0v) is 14.7. The molecule has 1 aliphatic heterocycles. The van der Waals surface area contributed by atoms with Crippen LogP contribution in [0, 0.1) is 6.92 Å². The smallest absolute Gasteiger partial charge is 0.222 e. The van der Waals surface area contributed by atoms with E-state index in [1.807, 2.05) is 24.3 Å². The van der Waals surface area contributed by atoms with Crippen LogP contribution in [0.1, 0.15) is 17.7 Å². The number of nitrogen functional groups attached to an aromatic ring is 1. The van der Waals surface area contributed by atoms with E-state index < -0.39 is 0 Å². The summed E-state index contributed by atoms with van der Waals surface area (Å²) in [6, 6.07) is 7.23. The van der Waals surface area contributed by atoms with E-state index >= 15 is 0 Å². The van der Waals surface area contributed by atoms with Crippen molar-refractivity contribution in [1.82, 2.24) is 9.97 Å². The highest BCUT2D eigenvalue weighted by Crippen LogP contribution is 2.26. The maximum absolute atomic E-state index is 9.12. The summed E-state index contributed by atoms with van der Waals surface area (Å²) >= 11 is 6.28. The SMILES string of the molecule is Cc1nc(N)nc(N[C@@H]2COCC[C@H]2Oc2ccc(CO)cc2)c1Cl. The van der Waals surface area contributed by atoms with Gasteiger partial charge in [0.05, 0.1) is 31.6 Å². The highest BCUT2D eigenvalue weighted by atomic mass is 35.5. The quantitative estimate of drug-likeness (QED) is 0.747. The standard InChI is InChI=1S/C17H21ClN4O3/c1-10-15(18)16(22-17(19)20-10)21-13-9-24-7-6-14(13)25-12-4-2-11(8-23)3-5-12/h2-5,13-14,23H,6-9H2,1H3,(H3,19,20,21,22)/t13-,14-/m1/s1. The Bertz CT molecular complexity index is 727. The average molecular weight is 365 g/mol. The highest BCUT2D eigenvalue weighted by Gasteiger charge is 2.29. The number of hydrogen-bond acceptors (Lipinski definition) is 7. The maximum Gasteiger partial charge on any atom is 0.222 e. The molecule has 2 atom stereocenters. The summed E-state index contributed by atoms with van der Waals surface area (Å²) in [6.45, 7) is 2.88. The summed E-state index contributed by atoms with van der Waals surface area (Å²) in [6.07, 6.45) is 0.623. The highest BCUT2D eigenvalue weighted by molar-refractivity contribution is 6.33. The Morgan fingerprint density at radius 1 is 1.36 bits per heavy atom. The number of ether oxygens (including phenoxy) is 2. The predicted octanol–water partition coefficient (Wildman–Crippen LogP) is 2.16. The maximum atomic E-state index is 9.12. The van der Waals surface area contributed by atoms with Crippen molar-refractivity contribution in [3.05, 3.63) is 40.5 Å². The third-order valence-corrected chi connectivity index (χ3v) is 4.50. The molecule has 0 aliphatic carbocycles. The summed E-state index contributed by atoms with van der Waals surface area (Å²) in [7, 11) is 0. The molecule has 1 aromatic carbocycles. The van der Waals surface area contributed by atoms with Crippen molar-refractivity contribution in [2.75, 3.05) is 24.3 Å². The van der Waals surface area contributed by atoms with Gasteiger partial charge in [0.2, 0.25) is 5.95 Å². The molecule has 134 valence electrons. The molecule has 1 fully saturated rings. The average Bonchev–Trinajstić information content (AvgIpc) is 2.61. The lowest BCUT2D eigenvalue weighted by molar-refractivity contribution is 0.0146. The lowest BCUT2D eigenvalue weighted by atomic mass is 10.1. The minimum atomic E-state index is -0.127. The number of nitrogens with two attached hydrogens (primary N) is 1. The first-order valence-electron chi connectivity index (χ1n) is 8.07. The Morgan fingerprint density at radius 3 is 2.84 bits per heavy atom. The van der Waals surface area contributed by atoms with Gasteiger partial charge in [0.25, 0.3) is 0 Å². The van der Waals surface area contributed by atoms with Gasteiger partial charge in [0.15, 0.2) is 5.82 Å². The van der Waals surface area contributed by atoms with Crippen LogP contribution in [0.4, 0.5) is 11.8 Å². The van der Waals surface area contributed by atoms with Crippen molar-refractivity contribution < 1.29 is 14.6 Å². The normalized spacial score (nSPS) is 20.3. The second kappa shape index (κ2) is 7.86. The largest absolute Gasteiger partial charge is 0.488 e. The third kappa shape index (κ3) is 4.31. The topological polar surface area (TPSA) is 103 Å². The second-order valence-electron chi connectivity index (χ2n) is 5.90. The summed E-state index contributed by atoms with van der Waals surface area (Å²) in [4.78, 5) is 8.22. The molecule has 2 heterocycles. The van der Waals surface area contributed by atoms with Gasteiger partial charge in [-0.15, -0.1) is 0 Å². The molecular formula is C17H21ClN4O3. The van der Waals surface area contributed by atoms with E-state index in [0.29, 0.717) is 29.7 Å². The van der Waals surface area contributed by atoms with E-state index in [-0.39, 0.29) is 24.7 Å². The van der Waals surface area contributed by atoms with Crippen molar-refractivity contribution in [2.45, 2.75) is 32.1 Å². The van der Waals surface area contributed by atoms with E-state index in [1.54, 1.807) is 6.92 Å². The van der Waals surface area contributed by atoms with Gasteiger partial charge < -0.3 is 25.6 Å². The third-order valence-electron chi connectivity index (χ3n) is 4.04. The van der Waals surface area contributed by atoms with E-state index in [2.05, 4.69) is 15.3 Å². The Labute approximate surface area is 151 Å². The predicted molar refractivity (Wildman–Crippen MR) is 95.8 cm³/mol. The number of aliphatic hydroxyl groups excluding tert-OH is 1. The van der Waals surface area contributed by atoms with Crippen molar-refractivity contribution in [2.24, 2.45) is 0 Å². The number of halogens is 1. The van der Waals surface area contributed by atoms with Crippen molar-refractivity contribution in [1.29, 1.82) is 0 Å². The van der Waals surface area contributed by atoms with E-state index in [0.717, 1.165) is 17.7 Å². The van der Waals surface area contributed by atoms with Crippen LogP contribution in [0.2, 0.25) is 5.02 Å². The molecule has 4 N–H and O–H groups in total. The van der Waals surface area contributed by atoms with Gasteiger partial charge in [-0.1, -0.05) is 23.7 Å². The fraction of sp³-hybridized carbons (Fsp3) is 0.412. The molecule has 25 heavy (non-hydrogen) atoms. The monoisotopic (exact) mass is 364 g/mol. The first-order chi connectivity index (χ1) is 12.1. The van der Waals surface area contributed by atoms with Gasteiger partial charge >= 0.3 is 0 Å². The Kier molecular flexibility index (Phi) is 5.57. The molecule has 8 heteroatoms. The van der Waals surface area contributed by atoms with Gasteiger partial charge in [-0.2, -0.15) is 4.98 Å². The van der Waals surface area contributed by atoms with Crippen molar-refractivity contribution in [3.8, 4) is 5.75 Å². The Hall–Kier alpha value is -2.09. The van der Waals surface area contributed by atoms with E-state index in [9.17, 15) is 0 Å². The molecule has 7 nitrogen and oxygen atoms in total. The molecular weight excluding hydrogens is 344 g/mol. The van der Waals surface area contributed by atoms with Gasteiger partial charge in [0, 0.05) is 6.42 Å². The number of nitrogens with zero attached hydrogens (tertiary/aromatic N) is 2. The zero-order chi connectivity index (χ0) is 17.8. The van der Waals surface area contributed by atoms with Crippen LogP contribution >= 0.6 is 11.6 Å². The molecule has 1 aliphatic rings. The zero-order valence-electron chi connectivity index (χ0n) is 13.9.